The van der Waals surface area contributed by atoms with Crippen LogP contribution in [0.5, 0.6) is 0 Å². The molecule has 3 rings (SSSR count). The van der Waals surface area contributed by atoms with Crippen LogP contribution in [0.1, 0.15) is 25.5 Å². The van der Waals surface area contributed by atoms with Crippen LogP contribution in [0.2, 0.25) is 0 Å². The number of aryl methyl sites for hydroxylation is 1. The van der Waals surface area contributed by atoms with E-state index in [2.05, 4.69) is 34.6 Å². The van der Waals surface area contributed by atoms with Gasteiger partial charge in [-0.1, -0.05) is 30.3 Å². The molecule has 21 heavy (non-hydrogen) atoms. The Kier molecular flexibility index (Phi) is 4.62. The zero-order valence-corrected chi connectivity index (χ0v) is 12.5. The van der Waals surface area contributed by atoms with Gasteiger partial charge < -0.3 is 10.1 Å². The van der Waals surface area contributed by atoms with Crippen LogP contribution in [0.3, 0.4) is 0 Å². The maximum absolute atomic E-state index is 5.63. The van der Waals surface area contributed by atoms with Gasteiger partial charge in [0.2, 0.25) is 0 Å². The van der Waals surface area contributed by atoms with Gasteiger partial charge in [-0.3, -0.25) is 0 Å². The first-order chi connectivity index (χ1) is 10.4. The van der Waals surface area contributed by atoms with E-state index in [4.69, 9.17) is 4.74 Å². The second-order valence-corrected chi connectivity index (χ2v) is 5.32. The van der Waals surface area contributed by atoms with Gasteiger partial charge in [-0.15, -0.1) is 0 Å². The SMILES string of the molecule is CCn1nc(CNC[C@@H]2CCCO2)c(-c2ccccc2)n1. The number of benzene rings is 1. The smallest absolute Gasteiger partial charge is 0.117 e. The molecule has 5 heteroatoms. The normalized spacial score (nSPS) is 18.2. The van der Waals surface area contributed by atoms with Gasteiger partial charge in [0.05, 0.1) is 12.6 Å². The van der Waals surface area contributed by atoms with E-state index in [9.17, 15) is 0 Å². The average molecular weight is 286 g/mol. The Morgan fingerprint density at radius 3 is 2.86 bits per heavy atom. The number of aromatic nitrogens is 3. The Labute approximate surface area is 125 Å². The molecule has 1 fully saturated rings. The number of nitrogens with zero attached hydrogens (tertiary/aromatic N) is 3. The van der Waals surface area contributed by atoms with E-state index < -0.39 is 0 Å². The molecule has 1 aromatic heterocycles. The highest BCUT2D eigenvalue weighted by Gasteiger charge is 2.16. The fraction of sp³-hybridized carbons (Fsp3) is 0.500. The number of rotatable bonds is 6. The predicted molar refractivity (Wildman–Crippen MR) is 81.8 cm³/mol. The molecule has 0 radical (unpaired) electrons. The monoisotopic (exact) mass is 286 g/mol. The first-order valence-electron chi connectivity index (χ1n) is 7.68. The van der Waals surface area contributed by atoms with Gasteiger partial charge in [-0.05, 0) is 19.8 Å². The molecule has 2 aromatic rings. The van der Waals surface area contributed by atoms with Crippen LogP contribution in [0.4, 0.5) is 0 Å². The second kappa shape index (κ2) is 6.83. The summed E-state index contributed by atoms with van der Waals surface area (Å²) in [6.45, 7) is 5.34. The molecule has 112 valence electrons. The molecule has 0 saturated carbocycles. The van der Waals surface area contributed by atoms with Crippen molar-refractivity contribution in [2.75, 3.05) is 13.2 Å². The molecule has 0 aliphatic carbocycles. The summed E-state index contributed by atoms with van der Waals surface area (Å²) in [5.41, 5.74) is 3.09. The molecule has 1 aromatic carbocycles. The Bertz CT molecular complexity index is 561. The minimum Gasteiger partial charge on any atom is -0.377 e. The lowest BCUT2D eigenvalue weighted by Gasteiger charge is -2.09. The number of ether oxygens (including phenoxy) is 1. The molecule has 0 spiro atoms. The van der Waals surface area contributed by atoms with Crippen molar-refractivity contribution in [3.8, 4) is 11.3 Å². The Morgan fingerprint density at radius 2 is 2.14 bits per heavy atom. The summed E-state index contributed by atoms with van der Waals surface area (Å²) in [5.74, 6) is 0. The third kappa shape index (κ3) is 3.49. The lowest BCUT2D eigenvalue weighted by atomic mass is 10.1. The van der Waals surface area contributed by atoms with Crippen molar-refractivity contribution >= 4 is 0 Å². The zero-order chi connectivity index (χ0) is 14.5. The molecule has 0 unspecified atom stereocenters. The van der Waals surface area contributed by atoms with Crippen molar-refractivity contribution in [1.29, 1.82) is 0 Å². The summed E-state index contributed by atoms with van der Waals surface area (Å²) in [4.78, 5) is 1.76. The van der Waals surface area contributed by atoms with Gasteiger partial charge in [0.25, 0.3) is 0 Å². The molecular formula is C16H22N4O. The average Bonchev–Trinajstić information content (AvgIpc) is 3.18. The summed E-state index contributed by atoms with van der Waals surface area (Å²) in [6, 6.07) is 10.2. The van der Waals surface area contributed by atoms with Crippen molar-refractivity contribution in [3.63, 3.8) is 0 Å². The minimum atomic E-state index is 0.353. The van der Waals surface area contributed by atoms with Crippen LogP contribution in [-0.2, 0) is 17.8 Å². The number of nitrogens with one attached hydrogen (secondary N) is 1. The minimum absolute atomic E-state index is 0.353. The second-order valence-electron chi connectivity index (χ2n) is 5.32. The van der Waals surface area contributed by atoms with Crippen LogP contribution in [-0.4, -0.2) is 34.2 Å². The van der Waals surface area contributed by atoms with Gasteiger partial charge in [0.1, 0.15) is 11.4 Å². The number of hydrogen-bond acceptors (Lipinski definition) is 4. The maximum atomic E-state index is 5.63. The van der Waals surface area contributed by atoms with Crippen molar-refractivity contribution in [1.82, 2.24) is 20.3 Å². The quantitative estimate of drug-likeness (QED) is 0.885. The van der Waals surface area contributed by atoms with Crippen LogP contribution >= 0.6 is 0 Å². The Balaban J connectivity index is 1.69. The van der Waals surface area contributed by atoms with E-state index >= 15 is 0 Å². The molecular weight excluding hydrogens is 264 g/mol. The summed E-state index contributed by atoms with van der Waals surface area (Å²) >= 11 is 0. The summed E-state index contributed by atoms with van der Waals surface area (Å²) in [5, 5.41) is 12.6. The molecule has 0 bridgehead atoms. The summed E-state index contributed by atoms with van der Waals surface area (Å²) < 4.78 is 5.63. The van der Waals surface area contributed by atoms with E-state index in [1.54, 1.807) is 4.80 Å². The lowest BCUT2D eigenvalue weighted by Crippen LogP contribution is -2.26. The van der Waals surface area contributed by atoms with Crippen LogP contribution < -0.4 is 5.32 Å². The van der Waals surface area contributed by atoms with Crippen LogP contribution in [0.25, 0.3) is 11.3 Å². The predicted octanol–water partition coefficient (Wildman–Crippen LogP) is 2.23. The molecule has 2 heterocycles. The van der Waals surface area contributed by atoms with E-state index in [1.807, 2.05) is 18.2 Å². The first-order valence-corrected chi connectivity index (χ1v) is 7.68. The fourth-order valence-corrected chi connectivity index (χ4v) is 2.62. The maximum Gasteiger partial charge on any atom is 0.117 e. The lowest BCUT2D eigenvalue weighted by molar-refractivity contribution is 0.110. The third-order valence-electron chi connectivity index (χ3n) is 3.74. The molecule has 1 aliphatic heterocycles. The molecule has 0 amide bonds. The molecule has 1 N–H and O–H groups in total. The van der Waals surface area contributed by atoms with Crippen LogP contribution in [0, 0.1) is 0 Å². The van der Waals surface area contributed by atoms with Gasteiger partial charge in [-0.25, -0.2) is 0 Å². The first kappa shape index (κ1) is 14.2. The van der Waals surface area contributed by atoms with Crippen molar-refractivity contribution in [2.45, 2.75) is 39.0 Å². The summed E-state index contributed by atoms with van der Waals surface area (Å²) in [6.07, 6.45) is 2.68. The number of hydrogen-bond donors (Lipinski definition) is 1. The highest BCUT2D eigenvalue weighted by atomic mass is 16.5. The van der Waals surface area contributed by atoms with Crippen molar-refractivity contribution < 1.29 is 4.74 Å². The molecule has 1 atom stereocenters. The van der Waals surface area contributed by atoms with Gasteiger partial charge in [0, 0.05) is 25.3 Å². The van der Waals surface area contributed by atoms with Crippen molar-refractivity contribution in [2.24, 2.45) is 0 Å². The standard InChI is InChI=1S/C16H22N4O/c1-2-20-18-15(12-17-11-14-9-6-10-21-14)16(19-20)13-7-4-3-5-8-13/h3-5,7-8,14,17H,2,6,9-12H2,1H3/t14-/m0/s1. The zero-order valence-electron chi connectivity index (χ0n) is 12.5. The Hall–Kier alpha value is -1.72. The van der Waals surface area contributed by atoms with Gasteiger partial charge in [0.15, 0.2) is 0 Å². The van der Waals surface area contributed by atoms with E-state index in [0.717, 1.165) is 49.6 Å². The van der Waals surface area contributed by atoms with E-state index in [-0.39, 0.29) is 0 Å². The van der Waals surface area contributed by atoms with Gasteiger partial charge >= 0.3 is 0 Å². The fourth-order valence-electron chi connectivity index (χ4n) is 2.62. The highest BCUT2D eigenvalue weighted by Crippen LogP contribution is 2.20. The summed E-state index contributed by atoms with van der Waals surface area (Å²) in [7, 11) is 0. The Morgan fingerprint density at radius 1 is 1.29 bits per heavy atom. The van der Waals surface area contributed by atoms with E-state index in [0.29, 0.717) is 6.10 Å². The molecule has 1 aliphatic rings. The van der Waals surface area contributed by atoms with Crippen molar-refractivity contribution in [3.05, 3.63) is 36.0 Å². The van der Waals surface area contributed by atoms with Gasteiger partial charge in [-0.2, -0.15) is 15.0 Å². The molecule has 5 nitrogen and oxygen atoms in total. The highest BCUT2D eigenvalue weighted by molar-refractivity contribution is 5.60. The van der Waals surface area contributed by atoms with Crippen LogP contribution in [0.15, 0.2) is 30.3 Å². The third-order valence-corrected chi connectivity index (χ3v) is 3.74. The topological polar surface area (TPSA) is 52.0 Å². The largest absolute Gasteiger partial charge is 0.377 e. The van der Waals surface area contributed by atoms with E-state index in [1.165, 1.54) is 6.42 Å². The molecule has 1 saturated heterocycles.